The van der Waals surface area contributed by atoms with Crippen molar-refractivity contribution in [3.63, 3.8) is 0 Å². The number of aromatic nitrogens is 4. The highest BCUT2D eigenvalue weighted by molar-refractivity contribution is 6.76. The van der Waals surface area contributed by atoms with E-state index in [9.17, 15) is 0 Å². The van der Waals surface area contributed by atoms with E-state index in [1.807, 2.05) is 24.4 Å². The Kier molecular flexibility index (Phi) is 11.7. The second-order valence-corrected chi connectivity index (χ2v) is 29.6. The Morgan fingerprint density at radius 1 is 1.02 bits per heavy atom. The van der Waals surface area contributed by atoms with Crippen LogP contribution in [0.25, 0.3) is 16.4 Å². The van der Waals surface area contributed by atoms with Gasteiger partial charge in [0.2, 0.25) is 0 Å². The summed E-state index contributed by atoms with van der Waals surface area (Å²) in [4.78, 5) is 11.2. The van der Waals surface area contributed by atoms with Gasteiger partial charge in [-0.15, -0.1) is 0 Å². The van der Waals surface area contributed by atoms with E-state index in [2.05, 4.69) is 68.2 Å². The van der Waals surface area contributed by atoms with E-state index in [0.29, 0.717) is 44.0 Å². The molecule has 0 radical (unpaired) electrons. The molecule has 14 heteroatoms. The van der Waals surface area contributed by atoms with Crippen molar-refractivity contribution in [2.75, 3.05) is 37.3 Å². The second-order valence-electron chi connectivity index (χ2n) is 17.9. The van der Waals surface area contributed by atoms with Gasteiger partial charge >= 0.3 is 0 Å². The summed E-state index contributed by atoms with van der Waals surface area (Å²) in [6.45, 7) is 22.5. The van der Waals surface area contributed by atoms with E-state index in [-0.39, 0.29) is 40.2 Å². The van der Waals surface area contributed by atoms with Crippen LogP contribution in [0.4, 0.5) is 16.0 Å². The van der Waals surface area contributed by atoms with Crippen molar-refractivity contribution in [2.24, 2.45) is 5.41 Å². The van der Waals surface area contributed by atoms with Gasteiger partial charge in [-0.05, 0) is 87.5 Å². The van der Waals surface area contributed by atoms with Gasteiger partial charge in [-0.1, -0.05) is 57.8 Å². The lowest BCUT2D eigenvalue weighted by Crippen LogP contribution is -2.36. The van der Waals surface area contributed by atoms with E-state index < -0.39 is 21.9 Å². The Morgan fingerprint density at radius 3 is 2.34 bits per heavy atom. The van der Waals surface area contributed by atoms with Crippen LogP contribution in [0.2, 0.25) is 56.4 Å². The van der Waals surface area contributed by atoms with Crippen LogP contribution in [-0.4, -0.2) is 80.4 Å². The topological polar surface area (TPSA) is 109 Å². The Bertz CT molecular complexity index is 1890. The minimum Gasteiger partial charge on any atom is -0.382 e. The maximum Gasteiger partial charge on any atom is 0.163 e. The first-order valence-corrected chi connectivity index (χ1v) is 26.8. The van der Waals surface area contributed by atoms with Crippen molar-refractivity contribution < 1.29 is 23.3 Å². The third kappa shape index (κ3) is 9.08. The number of anilines is 2. The predicted octanol–water partition coefficient (Wildman–Crippen LogP) is 9.12. The van der Waals surface area contributed by atoms with Crippen LogP contribution < -0.4 is 10.6 Å². The first-order chi connectivity index (χ1) is 24.9. The van der Waals surface area contributed by atoms with Gasteiger partial charge in [-0.2, -0.15) is 5.10 Å². The molecule has 0 spiro atoms. The van der Waals surface area contributed by atoms with Crippen molar-refractivity contribution in [1.82, 2.24) is 19.6 Å². The molecule has 1 saturated carbocycles. The van der Waals surface area contributed by atoms with Gasteiger partial charge in [0.25, 0.3) is 0 Å². The molecule has 2 fully saturated rings. The fourth-order valence-corrected chi connectivity index (χ4v) is 9.48. The first-order valence-electron chi connectivity index (χ1n) is 19.0. The summed E-state index contributed by atoms with van der Waals surface area (Å²) in [5.74, 6) is -0.109. The maximum atomic E-state index is 15.3. The third-order valence-corrected chi connectivity index (χ3v) is 14.6. The van der Waals surface area contributed by atoms with Gasteiger partial charge in [0.1, 0.15) is 36.9 Å². The van der Waals surface area contributed by atoms with Gasteiger partial charge in [-0.3, -0.25) is 0 Å². The van der Waals surface area contributed by atoms with Crippen LogP contribution in [0, 0.1) is 11.2 Å². The molecule has 3 aromatic heterocycles. The summed E-state index contributed by atoms with van der Waals surface area (Å²) >= 11 is 6.15. The van der Waals surface area contributed by atoms with Gasteiger partial charge in [0.15, 0.2) is 11.6 Å². The molecule has 1 saturated heterocycles. The molecule has 1 aliphatic heterocycles. The highest BCUT2D eigenvalue weighted by atomic mass is 35.5. The molecule has 2 aliphatic rings. The Labute approximate surface area is 320 Å². The summed E-state index contributed by atoms with van der Waals surface area (Å²) in [6, 6.07) is 11.5. The standard InChI is InChI=1S/C39H58ClFN6O4Si2/c1-10-39(14-13-26-19-30(41)27-21-29(40)36(42)45-31(27)20-26)22-28(34-35(39)51-38(2,3)50-34)32-11-12-33-37(43-23-44-47(32)33)46(24-48-15-17-52(4,5)6)25-49-16-18-53(7,8)9/h11-12,19-21,23,28,34-35H,10,13-18,22,24-25H2,1-9H3,(H2,42,45)/t28-,34-,35-,39-/m0/s1. The molecule has 6 rings (SSSR count). The molecular formula is C39H58ClFN6O4Si2. The lowest BCUT2D eigenvalue weighted by atomic mass is 9.75. The molecule has 10 nitrogen and oxygen atoms in total. The Balaban J connectivity index is 1.28. The molecule has 4 atom stereocenters. The summed E-state index contributed by atoms with van der Waals surface area (Å²) < 4.78 is 43.3. The minimum atomic E-state index is -1.25. The van der Waals surface area contributed by atoms with Crippen LogP contribution in [0.3, 0.4) is 0 Å². The van der Waals surface area contributed by atoms with Crippen LogP contribution in [0.15, 0.2) is 36.7 Å². The number of fused-ring (bicyclic) bond motifs is 3. The van der Waals surface area contributed by atoms with Crippen molar-refractivity contribution in [1.29, 1.82) is 0 Å². The van der Waals surface area contributed by atoms with Crippen LogP contribution in [-0.2, 0) is 25.4 Å². The molecule has 1 aromatic carbocycles. The smallest absolute Gasteiger partial charge is 0.163 e. The highest BCUT2D eigenvalue weighted by Gasteiger charge is 2.61. The van der Waals surface area contributed by atoms with E-state index in [1.165, 1.54) is 0 Å². The maximum absolute atomic E-state index is 15.3. The van der Waals surface area contributed by atoms with Gasteiger partial charge in [-0.25, -0.2) is 18.9 Å². The van der Waals surface area contributed by atoms with Gasteiger partial charge in [0, 0.05) is 51.8 Å². The van der Waals surface area contributed by atoms with E-state index in [4.69, 9.17) is 46.4 Å². The summed E-state index contributed by atoms with van der Waals surface area (Å²) in [7, 11) is -2.49. The highest BCUT2D eigenvalue weighted by Crippen LogP contribution is 2.58. The number of rotatable bonds is 16. The molecule has 4 aromatic rings. The summed E-state index contributed by atoms with van der Waals surface area (Å²) in [6.07, 6.45) is 4.45. The number of aryl methyl sites for hydroxylation is 1. The Hall–Kier alpha value is -2.66. The number of nitrogens with two attached hydrogens (primary N) is 1. The third-order valence-electron chi connectivity index (χ3n) is 10.9. The number of nitrogen functional groups attached to an aromatic ring is 1. The number of benzene rings is 1. The van der Waals surface area contributed by atoms with E-state index in [0.717, 1.165) is 53.9 Å². The first kappa shape index (κ1) is 40.0. The second kappa shape index (κ2) is 15.5. The largest absolute Gasteiger partial charge is 0.382 e. The molecule has 1 aliphatic carbocycles. The van der Waals surface area contributed by atoms with Crippen molar-refractivity contribution in [2.45, 2.75) is 122 Å². The Morgan fingerprint density at radius 2 is 1.70 bits per heavy atom. The van der Waals surface area contributed by atoms with Gasteiger partial charge < -0.3 is 29.6 Å². The van der Waals surface area contributed by atoms with Crippen LogP contribution in [0.1, 0.15) is 57.2 Å². The lowest BCUT2D eigenvalue weighted by Gasteiger charge is -2.34. The van der Waals surface area contributed by atoms with Gasteiger partial charge in [0.05, 0.1) is 22.7 Å². The molecule has 2 N–H and O–H groups in total. The lowest BCUT2D eigenvalue weighted by molar-refractivity contribution is -0.168. The fourth-order valence-electron chi connectivity index (χ4n) is 7.81. The van der Waals surface area contributed by atoms with Crippen molar-refractivity contribution in [3.05, 3.63) is 58.8 Å². The summed E-state index contributed by atoms with van der Waals surface area (Å²) in [5, 5.41) is 5.41. The van der Waals surface area contributed by atoms with E-state index >= 15 is 4.39 Å². The molecule has 290 valence electrons. The molecular weight excluding hydrogens is 727 g/mol. The quantitative estimate of drug-likeness (QED) is 0.0676. The molecule has 0 bridgehead atoms. The van der Waals surface area contributed by atoms with Crippen molar-refractivity contribution in [3.8, 4) is 0 Å². The SMILES string of the molecule is CC[C@]1(CCc2cc(F)c3cc(Cl)c(N)nc3c2)C[C@@H](c2ccc3c(N(COCC[Si](C)(C)C)COCC[Si](C)(C)C)ncnn23)[C@@H]2OC(C)(C)O[C@@H]21. The number of hydrogen-bond acceptors (Lipinski definition) is 9. The number of hydrogen-bond donors (Lipinski definition) is 1. The zero-order valence-corrected chi connectivity index (χ0v) is 35.7. The predicted molar refractivity (Wildman–Crippen MR) is 217 cm³/mol. The molecule has 0 amide bonds. The van der Waals surface area contributed by atoms with Crippen LogP contribution in [0.5, 0.6) is 0 Å². The molecule has 0 unspecified atom stereocenters. The number of nitrogens with zero attached hydrogens (tertiary/aromatic N) is 5. The number of halogens is 2. The monoisotopic (exact) mass is 784 g/mol. The normalized spacial score (nSPS) is 23.0. The van der Waals surface area contributed by atoms with Crippen molar-refractivity contribution >= 4 is 55.8 Å². The number of pyridine rings is 1. The summed E-state index contributed by atoms with van der Waals surface area (Å²) in [5.41, 5.74) is 9.07. The molecule has 53 heavy (non-hydrogen) atoms. The van der Waals surface area contributed by atoms with Crippen LogP contribution >= 0.6 is 11.6 Å². The zero-order chi connectivity index (χ0) is 38.3. The number of ether oxygens (including phenoxy) is 4. The average Bonchev–Trinajstić information content (AvgIpc) is 3.73. The average molecular weight is 786 g/mol. The minimum absolute atomic E-state index is 0.0124. The molecule has 4 heterocycles. The fraction of sp³-hybridized carbons (Fsp3) is 0.615. The zero-order valence-electron chi connectivity index (χ0n) is 33.0. The van der Waals surface area contributed by atoms with E-state index in [1.54, 1.807) is 18.5 Å².